The van der Waals surface area contributed by atoms with E-state index in [1.807, 2.05) is 32.9 Å². The number of rotatable bonds is 1. The number of nitro groups is 1. The molecule has 0 spiro atoms. The maximum Gasteiger partial charge on any atom is 0.273 e. The highest BCUT2D eigenvalue weighted by Gasteiger charge is 2.18. The van der Waals surface area contributed by atoms with Gasteiger partial charge in [0.05, 0.1) is 10.4 Å². The van der Waals surface area contributed by atoms with Crippen molar-refractivity contribution in [2.45, 2.75) is 20.8 Å². The summed E-state index contributed by atoms with van der Waals surface area (Å²) in [5.41, 5.74) is 4.98. The molecule has 0 radical (unpaired) electrons. The Balaban J connectivity index is 2.57. The van der Waals surface area contributed by atoms with Crippen LogP contribution in [0.4, 0.5) is 5.69 Å². The van der Waals surface area contributed by atoms with Gasteiger partial charge in [0.15, 0.2) is 0 Å². The molecule has 2 aromatic carbocycles. The van der Waals surface area contributed by atoms with Crippen LogP contribution in [0.5, 0.6) is 0 Å². The Bertz CT molecular complexity index is 831. The average Bonchev–Trinajstić information content (AvgIpc) is 2.72. The molecular formula is C15H14N2O2. The van der Waals surface area contributed by atoms with Crippen molar-refractivity contribution in [1.29, 1.82) is 0 Å². The number of nitrogens with one attached hydrogen (secondary N) is 1. The summed E-state index contributed by atoms with van der Waals surface area (Å²) in [6, 6.07) is 7.77. The van der Waals surface area contributed by atoms with Gasteiger partial charge in [-0.2, -0.15) is 0 Å². The number of nitro benzene ring substituents is 1. The number of benzene rings is 2. The Morgan fingerprint density at radius 2 is 1.89 bits per heavy atom. The van der Waals surface area contributed by atoms with E-state index < -0.39 is 0 Å². The van der Waals surface area contributed by atoms with Crippen LogP contribution in [0.2, 0.25) is 0 Å². The zero-order valence-electron chi connectivity index (χ0n) is 11.1. The van der Waals surface area contributed by atoms with Gasteiger partial charge in [-0.15, -0.1) is 0 Å². The molecule has 0 aliphatic rings. The molecule has 0 aliphatic carbocycles. The fourth-order valence-electron chi connectivity index (χ4n) is 2.69. The molecular weight excluding hydrogens is 240 g/mol. The van der Waals surface area contributed by atoms with Crippen molar-refractivity contribution in [2.75, 3.05) is 0 Å². The van der Waals surface area contributed by atoms with Gasteiger partial charge >= 0.3 is 0 Å². The lowest BCUT2D eigenvalue weighted by atomic mass is 10.0. The number of hydrogen-bond acceptors (Lipinski definition) is 2. The zero-order chi connectivity index (χ0) is 13.7. The van der Waals surface area contributed by atoms with Gasteiger partial charge in [0.25, 0.3) is 5.69 Å². The van der Waals surface area contributed by atoms with Crippen molar-refractivity contribution in [3.8, 4) is 0 Å². The summed E-state index contributed by atoms with van der Waals surface area (Å²) < 4.78 is 0. The molecule has 3 rings (SSSR count). The molecule has 0 unspecified atom stereocenters. The zero-order valence-corrected chi connectivity index (χ0v) is 11.1. The first-order valence-corrected chi connectivity index (χ1v) is 6.15. The van der Waals surface area contributed by atoms with E-state index in [4.69, 9.17) is 0 Å². The molecule has 3 aromatic rings. The number of fused-ring (bicyclic) bond motifs is 3. The fourth-order valence-corrected chi connectivity index (χ4v) is 2.69. The Morgan fingerprint density at radius 1 is 1.16 bits per heavy atom. The Kier molecular flexibility index (Phi) is 2.35. The summed E-state index contributed by atoms with van der Waals surface area (Å²) >= 11 is 0. The molecule has 4 nitrogen and oxygen atoms in total. The summed E-state index contributed by atoms with van der Waals surface area (Å²) in [6.07, 6.45) is 0. The van der Waals surface area contributed by atoms with Crippen molar-refractivity contribution in [2.24, 2.45) is 0 Å². The first-order chi connectivity index (χ1) is 8.99. The van der Waals surface area contributed by atoms with Crippen LogP contribution in [0.1, 0.15) is 16.7 Å². The summed E-state index contributed by atoms with van der Waals surface area (Å²) in [5, 5.41) is 13.2. The number of aryl methyl sites for hydroxylation is 3. The highest BCUT2D eigenvalue weighted by atomic mass is 16.6. The van der Waals surface area contributed by atoms with E-state index in [0.717, 1.165) is 38.5 Å². The van der Waals surface area contributed by atoms with E-state index in [2.05, 4.69) is 11.1 Å². The molecule has 0 amide bonds. The van der Waals surface area contributed by atoms with Gasteiger partial charge in [-0.25, -0.2) is 0 Å². The molecule has 0 saturated carbocycles. The third-order valence-electron chi connectivity index (χ3n) is 3.66. The smallest absolute Gasteiger partial charge is 0.273 e. The standard InChI is InChI=1S/C15H14N2O2/c1-8-4-5-12-11(6-8)14-10(3)13(17(18)19)7-9(2)15(14)16-12/h4-7,16H,1-3H3. The van der Waals surface area contributed by atoms with Gasteiger partial charge in [-0.05, 0) is 38.5 Å². The molecule has 1 heterocycles. The summed E-state index contributed by atoms with van der Waals surface area (Å²) in [7, 11) is 0. The van der Waals surface area contributed by atoms with Gasteiger partial charge in [0, 0.05) is 27.9 Å². The average molecular weight is 254 g/mol. The highest BCUT2D eigenvalue weighted by molar-refractivity contribution is 6.11. The maximum atomic E-state index is 11.1. The number of nitrogens with zero attached hydrogens (tertiary/aromatic N) is 1. The van der Waals surface area contributed by atoms with Crippen molar-refractivity contribution in [3.05, 3.63) is 51.1 Å². The molecule has 0 atom stereocenters. The van der Waals surface area contributed by atoms with Crippen molar-refractivity contribution in [3.63, 3.8) is 0 Å². The van der Waals surface area contributed by atoms with Crippen molar-refractivity contribution in [1.82, 2.24) is 4.98 Å². The lowest BCUT2D eigenvalue weighted by Crippen LogP contribution is -1.93. The van der Waals surface area contributed by atoms with Crippen LogP contribution >= 0.6 is 0 Å². The van der Waals surface area contributed by atoms with Gasteiger partial charge < -0.3 is 4.98 Å². The Labute approximate surface area is 110 Å². The van der Waals surface area contributed by atoms with Crippen LogP contribution in [0.15, 0.2) is 24.3 Å². The van der Waals surface area contributed by atoms with E-state index in [-0.39, 0.29) is 10.6 Å². The van der Waals surface area contributed by atoms with E-state index in [0.29, 0.717) is 0 Å². The van der Waals surface area contributed by atoms with Gasteiger partial charge in [0.2, 0.25) is 0 Å². The van der Waals surface area contributed by atoms with Crippen LogP contribution < -0.4 is 0 Å². The number of aromatic amines is 1. The predicted octanol–water partition coefficient (Wildman–Crippen LogP) is 4.15. The summed E-state index contributed by atoms with van der Waals surface area (Å²) in [6.45, 7) is 5.74. The van der Waals surface area contributed by atoms with Crippen LogP contribution in [0.25, 0.3) is 21.8 Å². The third kappa shape index (κ3) is 1.60. The summed E-state index contributed by atoms with van der Waals surface area (Å²) in [4.78, 5) is 14.2. The van der Waals surface area contributed by atoms with E-state index >= 15 is 0 Å². The Morgan fingerprint density at radius 3 is 2.58 bits per heavy atom. The van der Waals surface area contributed by atoms with Gasteiger partial charge in [0.1, 0.15) is 0 Å². The summed E-state index contributed by atoms with van der Waals surface area (Å²) in [5.74, 6) is 0. The van der Waals surface area contributed by atoms with Crippen LogP contribution in [-0.2, 0) is 0 Å². The molecule has 4 heteroatoms. The molecule has 1 aromatic heterocycles. The van der Waals surface area contributed by atoms with E-state index in [1.54, 1.807) is 6.07 Å². The fraction of sp³-hybridized carbons (Fsp3) is 0.200. The minimum Gasteiger partial charge on any atom is -0.354 e. The first kappa shape index (κ1) is 11.7. The second-order valence-electron chi connectivity index (χ2n) is 5.02. The van der Waals surface area contributed by atoms with Crippen LogP contribution in [0, 0.1) is 30.9 Å². The molecule has 0 aliphatic heterocycles. The molecule has 0 fully saturated rings. The van der Waals surface area contributed by atoms with E-state index in [9.17, 15) is 10.1 Å². The molecule has 96 valence electrons. The third-order valence-corrected chi connectivity index (χ3v) is 3.66. The quantitative estimate of drug-likeness (QED) is 0.523. The minimum absolute atomic E-state index is 0.187. The Hall–Kier alpha value is -2.36. The lowest BCUT2D eigenvalue weighted by Gasteiger charge is -2.03. The first-order valence-electron chi connectivity index (χ1n) is 6.15. The van der Waals surface area contributed by atoms with E-state index in [1.165, 1.54) is 0 Å². The SMILES string of the molecule is Cc1ccc2[nH]c3c(C)cc([N+](=O)[O-])c(C)c3c2c1. The maximum absolute atomic E-state index is 11.1. The minimum atomic E-state index is -0.309. The monoisotopic (exact) mass is 254 g/mol. The number of aromatic nitrogens is 1. The molecule has 19 heavy (non-hydrogen) atoms. The topological polar surface area (TPSA) is 58.9 Å². The van der Waals surface area contributed by atoms with Gasteiger partial charge in [-0.1, -0.05) is 11.6 Å². The van der Waals surface area contributed by atoms with Crippen molar-refractivity contribution >= 4 is 27.5 Å². The molecule has 1 N–H and O–H groups in total. The largest absolute Gasteiger partial charge is 0.354 e. The number of H-pyrrole nitrogens is 1. The normalized spacial score (nSPS) is 11.3. The molecule has 0 bridgehead atoms. The van der Waals surface area contributed by atoms with Gasteiger partial charge in [-0.3, -0.25) is 10.1 Å². The second-order valence-corrected chi connectivity index (χ2v) is 5.02. The highest BCUT2D eigenvalue weighted by Crippen LogP contribution is 2.35. The molecule has 0 saturated heterocycles. The second kappa shape index (κ2) is 3.82. The van der Waals surface area contributed by atoms with Crippen LogP contribution in [-0.4, -0.2) is 9.91 Å². The van der Waals surface area contributed by atoms with Crippen LogP contribution in [0.3, 0.4) is 0 Å². The lowest BCUT2D eigenvalue weighted by molar-refractivity contribution is -0.385. The van der Waals surface area contributed by atoms with Crippen molar-refractivity contribution < 1.29 is 4.92 Å². The predicted molar refractivity (Wildman–Crippen MR) is 76.7 cm³/mol. The number of hydrogen-bond donors (Lipinski definition) is 1.